The van der Waals surface area contributed by atoms with E-state index in [0.29, 0.717) is 0 Å². The average Bonchev–Trinajstić information content (AvgIpc) is 3.27. The van der Waals surface area contributed by atoms with Crippen LogP contribution in [0.15, 0.2) is 48.5 Å². The highest BCUT2D eigenvalue weighted by atomic mass is 16.5. The molecule has 1 aliphatic heterocycles. The van der Waals surface area contributed by atoms with Gasteiger partial charge in [-0.15, -0.1) is 0 Å². The molecule has 8 nitrogen and oxygen atoms in total. The second-order valence-corrected chi connectivity index (χ2v) is 8.72. The van der Waals surface area contributed by atoms with Gasteiger partial charge in [0.1, 0.15) is 24.8 Å². The lowest BCUT2D eigenvalue weighted by Crippen LogP contribution is -2.50. The van der Waals surface area contributed by atoms with Crippen LogP contribution in [-0.2, 0) is 19.1 Å². The minimum Gasteiger partial charge on any atom is -0.467 e. The van der Waals surface area contributed by atoms with E-state index >= 15 is 0 Å². The highest BCUT2D eigenvalue weighted by Crippen LogP contribution is 2.44. The number of fused-ring (bicyclic) bond motifs is 3. The van der Waals surface area contributed by atoms with Gasteiger partial charge in [-0.1, -0.05) is 62.4 Å². The van der Waals surface area contributed by atoms with E-state index in [2.05, 4.69) is 5.32 Å². The summed E-state index contributed by atoms with van der Waals surface area (Å²) in [5.74, 6) is -1.44. The number of ether oxygens (including phenoxy) is 2. The Morgan fingerprint density at radius 3 is 2.21 bits per heavy atom. The van der Waals surface area contributed by atoms with Crippen molar-refractivity contribution in [2.45, 2.75) is 38.0 Å². The number of alkyl carbamates (subject to hydrolysis) is 1. The number of methoxy groups -OCH3 is 1. The molecule has 2 aromatic rings. The maximum atomic E-state index is 12.9. The zero-order valence-corrected chi connectivity index (χ0v) is 18.9. The van der Waals surface area contributed by atoms with Gasteiger partial charge >= 0.3 is 12.1 Å². The lowest BCUT2D eigenvalue weighted by Gasteiger charge is -2.28. The van der Waals surface area contributed by atoms with Crippen molar-refractivity contribution in [1.29, 1.82) is 0 Å². The monoisotopic (exact) mass is 452 g/mol. The van der Waals surface area contributed by atoms with Crippen molar-refractivity contribution >= 4 is 18.0 Å². The van der Waals surface area contributed by atoms with Crippen LogP contribution in [0.25, 0.3) is 11.1 Å². The molecule has 1 saturated heterocycles. The zero-order chi connectivity index (χ0) is 23.7. The van der Waals surface area contributed by atoms with Gasteiger partial charge in [0, 0.05) is 5.92 Å². The fourth-order valence-corrected chi connectivity index (χ4v) is 4.80. The molecule has 1 aliphatic carbocycles. The van der Waals surface area contributed by atoms with E-state index < -0.39 is 36.2 Å². The van der Waals surface area contributed by atoms with Crippen molar-refractivity contribution in [3.8, 4) is 11.1 Å². The summed E-state index contributed by atoms with van der Waals surface area (Å²) in [4.78, 5) is 38.9. The SMILES string of the molecule is COC(=O)[C@H](C(C)C)N1C[C@H](O)[C@H](NC(=O)OCC2c3ccccc3-c3ccccc32)C1=O. The first-order chi connectivity index (χ1) is 15.8. The van der Waals surface area contributed by atoms with E-state index in [1.807, 2.05) is 48.5 Å². The molecule has 33 heavy (non-hydrogen) atoms. The summed E-state index contributed by atoms with van der Waals surface area (Å²) >= 11 is 0. The Labute approximate surface area is 192 Å². The number of benzene rings is 2. The van der Waals surface area contributed by atoms with Gasteiger partial charge in [-0.05, 0) is 28.2 Å². The number of carbonyl (C=O) groups excluding carboxylic acids is 3. The fourth-order valence-electron chi connectivity index (χ4n) is 4.80. The van der Waals surface area contributed by atoms with Crippen LogP contribution in [0.2, 0.25) is 0 Å². The third-order valence-corrected chi connectivity index (χ3v) is 6.34. The number of amides is 2. The molecule has 2 aromatic carbocycles. The van der Waals surface area contributed by atoms with Crippen molar-refractivity contribution in [1.82, 2.24) is 10.2 Å². The molecule has 0 aromatic heterocycles. The van der Waals surface area contributed by atoms with Crippen LogP contribution in [0.3, 0.4) is 0 Å². The highest BCUT2D eigenvalue weighted by molar-refractivity contribution is 5.92. The number of aliphatic hydroxyl groups excluding tert-OH is 1. The largest absolute Gasteiger partial charge is 0.467 e. The maximum Gasteiger partial charge on any atom is 0.407 e. The summed E-state index contributed by atoms with van der Waals surface area (Å²) in [6, 6.07) is 13.9. The van der Waals surface area contributed by atoms with Crippen LogP contribution >= 0.6 is 0 Å². The Morgan fingerprint density at radius 1 is 1.09 bits per heavy atom. The van der Waals surface area contributed by atoms with Gasteiger partial charge < -0.3 is 24.8 Å². The Kier molecular flexibility index (Phi) is 6.37. The van der Waals surface area contributed by atoms with Crippen molar-refractivity contribution in [2.75, 3.05) is 20.3 Å². The Bertz CT molecular complexity index is 1020. The molecule has 8 heteroatoms. The predicted molar refractivity (Wildman–Crippen MR) is 120 cm³/mol. The number of aliphatic hydroxyl groups is 1. The van der Waals surface area contributed by atoms with Crippen LogP contribution in [0.5, 0.6) is 0 Å². The minimum absolute atomic E-state index is 0.0783. The molecule has 2 amide bonds. The van der Waals surface area contributed by atoms with Gasteiger partial charge in [0.05, 0.1) is 13.7 Å². The van der Waals surface area contributed by atoms with Crippen LogP contribution in [0.4, 0.5) is 4.79 Å². The number of rotatable bonds is 6. The summed E-state index contributed by atoms with van der Waals surface area (Å²) < 4.78 is 10.3. The Morgan fingerprint density at radius 2 is 1.67 bits per heavy atom. The second-order valence-electron chi connectivity index (χ2n) is 8.72. The second kappa shape index (κ2) is 9.23. The van der Waals surface area contributed by atoms with Crippen molar-refractivity contribution in [3.63, 3.8) is 0 Å². The van der Waals surface area contributed by atoms with Gasteiger partial charge in [-0.2, -0.15) is 0 Å². The quantitative estimate of drug-likeness (QED) is 0.652. The number of β-amino-alcohol motifs (C(OH)–C–C–N with tert-alkyl or cyclic N) is 1. The fraction of sp³-hybridized carbons (Fsp3) is 0.400. The van der Waals surface area contributed by atoms with Gasteiger partial charge in [-0.25, -0.2) is 9.59 Å². The summed E-state index contributed by atoms with van der Waals surface area (Å²) in [7, 11) is 1.25. The lowest BCUT2D eigenvalue weighted by molar-refractivity contribution is -0.153. The molecular formula is C25H28N2O6. The van der Waals surface area contributed by atoms with Gasteiger partial charge in [0.2, 0.25) is 5.91 Å². The first-order valence-electron chi connectivity index (χ1n) is 11.0. The molecule has 0 saturated carbocycles. The molecule has 0 radical (unpaired) electrons. The smallest absolute Gasteiger partial charge is 0.407 e. The third-order valence-electron chi connectivity index (χ3n) is 6.34. The predicted octanol–water partition coefficient (Wildman–Crippen LogP) is 2.29. The molecule has 0 spiro atoms. The summed E-state index contributed by atoms with van der Waals surface area (Å²) in [6.07, 6.45) is -1.96. The van der Waals surface area contributed by atoms with Crippen LogP contribution < -0.4 is 5.32 Å². The average molecular weight is 453 g/mol. The van der Waals surface area contributed by atoms with Crippen LogP contribution in [0, 0.1) is 5.92 Å². The van der Waals surface area contributed by atoms with Crippen molar-refractivity contribution < 1.29 is 29.0 Å². The first kappa shape index (κ1) is 22.8. The number of hydrogen-bond acceptors (Lipinski definition) is 6. The summed E-state index contributed by atoms with van der Waals surface area (Å²) in [5.41, 5.74) is 4.38. The molecule has 4 rings (SSSR count). The summed E-state index contributed by atoms with van der Waals surface area (Å²) in [6.45, 7) is 3.59. The Balaban J connectivity index is 1.43. The number of hydrogen-bond donors (Lipinski definition) is 2. The van der Waals surface area contributed by atoms with Crippen LogP contribution in [0.1, 0.15) is 30.9 Å². The number of carbonyl (C=O) groups is 3. The van der Waals surface area contributed by atoms with Crippen molar-refractivity contribution in [2.24, 2.45) is 5.92 Å². The van der Waals surface area contributed by atoms with Gasteiger partial charge in [-0.3, -0.25) is 4.79 Å². The van der Waals surface area contributed by atoms with E-state index in [1.54, 1.807) is 13.8 Å². The highest BCUT2D eigenvalue weighted by Gasteiger charge is 2.46. The molecule has 2 N–H and O–H groups in total. The normalized spacial score (nSPS) is 20.4. The molecular weight excluding hydrogens is 424 g/mol. The maximum absolute atomic E-state index is 12.9. The standard InChI is InChI=1S/C25H28N2O6/c1-14(2)22(24(30)32-3)27-12-20(28)21(23(27)29)26-25(31)33-13-19-17-10-6-4-8-15(17)16-9-5-7-11-18(16)19/h4-11,14,19-22,28H,12-13H2,1-3H3,(H,26,31)/t20-,21-,22-/m0/s1. The minimum atomic E-state index is -1.19. The molecule has 0 unspecified atom stereocenters. The number of esters is 1. The lowest BCUT2D eigenvalue weighted by atomic mass is 9.98. The topological polar surface area (TPSA) is 105 Å². The van der Waals surface area contributed by atoms with E-state index in [1.165, 1.54) is 12.0 Å². The number of nitrogens with zero attached hydrogens (tertiary/aromatic N) is 1. The van der Waals surface area contributed by atoms with E-state index in [9.17, 15) is 19.5 Å². The first-order valence-corrected chi connectivity index (χ1v) is 11.0. The molecule has 1 heterocycles. The Hall–Kier alpha value is -3.39. The number of likely N-dealkylation sites (tertiary alicyclic amines) is 1. The summed E-state index contributed by atoms with van der Waals surface area (Å²) in [5, 5.41) is 12.9. The molecule has 1 fully saturated rings. The number of nitrogens with one attached hydrogen (secondary N) is 1. The van der Waals surface area contributed by atoms with E-state index in [4.69, 9.17) is 9.47 Å². The zero-order valence-electron chi connectivity index (χ0n) is 18.9. The molecule has 2 aliphatic rings. The van der Waals surface area contributed by atoms with Gasteiger partial charge in [0.15, 0.2) is 0 Å². The van der Waals surface area contributed by atoms with E-state index in [0.717, 1.165) is 22.3 Å². The van der Waals surface area contributed by atoms with Crippen LogP contribution in [-0.4, -0.2) is 66.4 Å². The third kappa shape index (κ3) is 4.18. The van der Waals surface area contributed by atoms with Gasteiger partial charge in [0.25, 0.3) is 0 Å². The molecule has 174 valence electrons. The molecule has 0 bridgehead atoms. The molecule has 3 atom stereocenters. The van der Waals surface area contributed by atoms with Crippen molar-refractivity contribution in [3.05, 3.63) is 59.7 Å². The van der Waals surface area contributed by atoms with E-state index in [-0.39, 0.29) is 25.0 Å².